The average Bonchev–Trinajstić information content (AvgIpc) is 2.46. The van der Waals surface area contributed by atoms with Gasteiger partial charge in [-0.05, 0) is 24.6 Å². The Kier molecular flexibility index (Phi) is 6.30. The zero-order chi connectivity index (χ0) is 16.0. The quantitative estimate of drug-likeness (QED) is 0.804. The molecule has 0 aliphatic rings. The van der Waals surface area contributed by atoms with Gasteiger partial charge >= 0.3 is 5.97 Å². The first-order valence-corrected chi connectivity index (χ1v) is 6.80. The maximum atomic E-state index is 13.2. The van der Waals surface area contributed by atoms with Gasteiger partial charge in [-0.15, -0.1) is 0 Å². The Morgan fingerprint density at radius 2 is 2.05 bits per heavy atom. The maximum absolute atomic E-state index is 13.2. The average molecular weight is 297 g/mol. The van der Waals surface area contributed by atoms with Gasteiger partial charge in [0.15, 0.2) is 0 Å². The van der Waals surface area contributed by atoms with Gasteiger partial charge in [-0.25, -0.2) is 4.39 Å². The molecule has 0 radical (unpaired) electrons. The predicted octanol–water partition coefficient (Wildman–Crippen LogP) is 1.76. The third kappa shape index (κ3) is 4.53. The first kappa shape index (κ1) is 17.1. The molecule has 1 amide bonds. The highest BCUT2D eigenvalue weighted by Crippen LogP contribution is 2.15. The topological polar surface area (TPSA) is 77.8 Å². The number of amides is 1. The van der Waals surface area contributed by atoms with Crippen LogP contribution in [0.1, 0.15) is 30.6 Å². The summed E-state index contributed by atoms with van der Waals surface area (Å²) in [7, 11) is 0. The van der Waals surface area contributed by atoms with E-state index in [-0.39, 0.29) is 18.7 Å². The second-order valence-electron chi connectivity index (χ2n) is 4.95. The van der Waals surface area contributed by atoms with E-state index in [1.165, 1.54) is 30.0 Å². The molecule has 0 spiro atoms. The molecule has 1 rings (SSSR count). The summed E-state index contributed by atoms with van der Waals surface area (Å²) < 4.78 is 13.2. The maximum Gasteiger partial charge on any atom is 0.308 e. The smallest absolute Gasteiger partial charge is 0.308 e. The van der Waals surface area contributed by atoms with Gasteiger partial charge in [0.2, 0.25) is 0 Å². The minimum atomic E-state index is -1.03. The van der Waals surface area contributed by atoms with Crippen molar-refractivity contribution in [1.82, 2.24) is 4.90 Å². The molecule has 116 valence electrons. The van der Waals surface area contributed by atoms with E-state index in [4.69, 9.17) is 5.11 Å². The van der Waals surface area contributed by atoms with Crippen LogP contribution in [0.5, 0.6) is 0 Å². The number of hydrogen-bond acceptors (Lipinski definition) is 3. The van der Waals surface area contributed by atoms with E-state index in [0.29, 0.717) is 6.42 Å². The molecular formula is C15H20FNO4. The Balaban J connectivity index is 3.05. The van der Waals surface area contributed by atoms with Crippen LogP contribution in [0.25, 0.3) is 0 Å². The molecule has 0 bridgehead atoms. The zero-order valence-corrected chi connectivity index (χ0v) is 12.1. The number of carboxylic acids is 1. The Labute approximate surface area is 123 Å². The van der Waals surface area contributed by atoms with Crippen molar-refractivity contribution in [2.24, 2.45) is 5.92 Å². The molecular weight excluding hydrogens is 277 g/mol. The molecule has 2 unspecified atom stereocenters. The number of nitrogens with zero attached hydrogens (tertiary/aromatic N) is 1. The Morgan fingerprint density at radius 3 is 2.52 bits per heavy atom. The molecule has 0 aliphatic heterocycles. The van der Waals surface area contributed by atoms with Gasteiger partial charge in [-0.2, -0.15) is 0 Å². The summed E-state index contributed by atoms with van der Waals surface area (Å²) in [5.74, 6) is -2.82. The highest BCUT2D eigenvalue weighted by atomic mass is 19.1. The summed E-state index contributed by atoms with van der Waals surface area (Å²) in [4.78, 5) is 24.8. The van der Waals surface area contributed by atoms with Crippen LogP contribution in [0.3, 0.4) is 0 Å². The molecule has 0 aliphatic carbocycles. The zero-order valence-electron chi connectivity index (χ0n) is 12.1. The van der Waals surface area contributed by atoms with Crippen molar-refractivity contribution in [1.29, 1.82) is 0 Å². The third-order valence-corrected chi connectivity index (χ3v) is 3.35. The molecule has 2 N–H and O–H groups in total. The molecule has 0 saturated carbocycles. The van der Waals surface area contributed by atoms with Crippen LogP contribution in [0.15, 0.2) is 24.3 Å². The van der Waals surface area contributed by atoms with Gasteiger partial charge in [0.05, 0.1) is 18.6 Å². The molecule has 0 aromatic heterocycles. The molecule has 1 aromatic rings. The van der Waals surface area contributed by atoms with Crippen molar-refractivity contribution < 1.29 is 24.2 Å². The first-order chi connectivity index (χ1) is 9.90. The number of hydrogen-bond donors (Lipinski definition) is 2. The number of carboxylic acid groups (broad SMARTS) is 1. The van der Waals surface area contributed by atoms with Gasteiger partial charge in [-0.1, -0.05) is 19.9 Å². The lowest BCUT2D eigenvalue weighted by atomic mass is 10.1. The second-order valence-corrected chi connectivity index (χ2v) is 4.95. The van der Waals surface area contributed by atoms with E-state index >= 15 is 0 Å². The summed E-state index contributed by atoms with van der Waals surface area (Å²) in [6.07, 6.45) is 0.476. The van der Waals surface area contributed by atoms with Gasteiger partial charge < -0.3 is 15.1 Å². The van der Waals surface area contributed by atoms with E-state index in [2.05, 4.69) is 0 Å². The first-order valence-electron chi connectivity index (χ1n) is 6.80. The Bertz CT molecular complexity index is 502. The SMILES string of the molecule is CCC(CO)N(CC(C)C(=O)O)C(=O)c1cccc(F)c1. The highest BCUT2D eigenvalue weighted by molar-refractivity contribution is 5.94. The fourth-order valence-electron chi connectivity index (χ4n) is 2.01. The third-order valence-electron chi connectivity index (χ3n) is 3.35. The van der Waals surface area contributed by atoms with E-state index in [1.807, 2.05) is 0 Å². The Morgan fingerprint density at radius 1 is 1.38 bits per heavy atom. The minimum absolute atomic E-state index is 0.0379. The van der Waals surface area contributed by atoms with Crippen LogP contribution >= 0.6 is 0 Å². The molecule has 0 fully saturated rings. The summed E-state index contributed by atoms with van der Waals surface area (Å²) in [5.41, 5.74) is 0.138. The Hall–Kier alpha value is -1.95. The number of aliphatic carboxylic acids is 1. The van der Waals surface area contributed by atoms with Crippen LogP contribution in [0.2, 0.25) is 0 Å². The molecule has 6 heteroatoms. The molecule has 5 nitrogen and oxygen atoms in total. The van der Waals surface area contributed by atoms with Crippen molar-refractivity contribution >= 4 is 11.9 Å². The fourth-order valence-corrected chi connectivity index (χ4v) is 2.01. The number of aliphatic hydroxyl groups is 1. The van der Waals surface area contributed by atoms with Crippen LogP contribution in [-0.2, 0) is 4.79 Å². The molecule has 1 aromatic carbocycles. The number of halogens is 1. The molecule has 0 heterocycles. The second kappa shape index (κ2) is 7.73. The predicted molar refractivity (Wildman–Crippen MR) is 75.4 cm³/mol. The van der Waals surface area contributed by atoms with E-state index in [0.717, 1.165) is 6.07 Å². The van der Waals surface area contributed by atoms with Gasteiger partial charge in [0.1, 0.15) is 5.82 Å². The standard InChI is InChI=1S/C15H20FNO4/c1-3-13(9-18)17(8-10(2)15(20)21)14(19)11-5-4-6-12(16)7-11/h4-7,10,13,18H,3,8-9H2,1-2H3,(H,20,21). The molecule has 0 saturated heterocycles. The van der Waals surface area contributed by atoms with Gasteiger partial charge in [-0.3, -0.25) is 9.59 Å². The number of carbonyl (C=O) groups is 2. The van der Waals surface area contributed by atoms with Crippen molar-refractivity contribution in [3.05, 3.63) is 35.6 Å². The highest BCUT2D eigenvalue weighted by Gasteiger charge is 2.27. The van der Waals surface area contributed by atoms with Crippen molar-refractivity contribution in [2.45, 2.75) is 26.3 Å². The normalized spacial score (nSPS) is 13.5. The lowest BCUT2D eigenvalue weighted by Gasteiger charge is -2.31. The number of benzene rings is 1. The van der Waals surface area contributed by atoms with Crippen LogP contribution in [0, 0.1) is 11.7 Å². The van der Waals surface area contributed by atoms with Gasteiger partial charge in [0.25, 0.3) is 5.91 Å². The largest absolute Gasteiger partial charge is 0.481 e. The van der Waals surface area contributed by atoms with Crippen molar-refractivity contribution in [2.75, 3.05) is 13.2 Å². The van der Waals surface area contributed by atoms with Crippen LogP contribution in [0.4, 0.5) is 4.39 Å². The molecule has 2 atom stereocenters. The monoisotopic (exact) mass is 297 g/mol. The lowest BCUT2D eigenvalue weighted by molar-refractivity contribution is -0.141. The van der Waals surface area contributed by atoms with Crippen molar-refractivity contribution in [3.63, 3.8) is 0 Å². The lowest BCUT2D eigenvalue weighted by Crippen LogP contribution is -2.45. The number of aliphatic hydroxyl groups excluding tert-OH is 1. The van der Waals surface area contributed by atoms with Crippen molar-refractivity contribution in [3.8, 4) is 0 Å². The summed E-state index contributed by atoms with van der Waals surface area (Å²) in [6, 6.07) is 4.72. The molecule has 21 heavy (non-hydrogen) atoms. The fraction of sp³-hybridized carbons (Fsp3) is 0.467. The van der Waals surface area contributed by atoms with E-state index in [9.17, 15) is 19.1 Å². The van der Waals surface area contributed by atoms with Gasteiger partial charge in [0, 0.05) is 12.1 Å². The van der Waals surface area contributed by atoms with E-state index < -0.39 is 29.7 Å². The number of rotatable bonds is 7. The van der Waals surface area contributed by atoms with Crippen LogP contribution in [-0.4, -0.2) is 46.2 Å². The van der Waals surface area contributed by atoms with Crippen LogP contribution < -0.4 is 0 Å². The summed E-state index contributed by atoms with van der Waals surface area (Å²) in [6.45, 7) is 2.96. The summed E-state index contributed by atoms with van der Waals surface area (Å²) in [5, 5.41) is 18.4. The van der Waals surface area contributed by atoms with E-state index in [1.54, 1.807) is 6.92 Å². The minimum Gasteiger partial charge on any atom is -0.481 e. The number of carbonyl (C=O) groups excluding carboxylic acids is 1. The summed E-state index contributed by atoms with van der Waals surface area (Å²) >= 11 is 0.